The lowest BCUT2D eigenvalue weighted by Crippen LogP contribution is -2.50. The second-order valence-electron chi connectivity index (χ2n) is 6.99. The van der Waals surface area contributed by atoms with Gasteiger partial charge in [0.25, 0.3) is 11.8 Å². The van der Waals surface area contributed by atoms with Crippen molar-refractivity contribution in [3.63, 3.8) is 0 Å². The van der Waals surface area contributed by atoms with Crippen LogP contribution >= 0.6 is 0 Å². The minimum absolute atomic E-state index is 0.0874. The smallest absolute Gasteiger partial charge is 0.289 e. The second kappa shape index (κ2) is 8.44. The van der Waals surface area contributed by atoms with E-state index in [9.17, 15) is 9.59 Å². The number of furan rings is 1. The molecule has 1 aliphatic heterocycles. The van der Waals surface area contributed by atoms with Gasteiger partial charge in [-0.3, -0.25) is 14.3 Å². The highest BCUT2D eigenvalue weighted by atomic mass is 16.5. The molecule has 2 amide bonds. The highest BCUT2D eigenvalue weighted by molar-refractivity contribution is 5.95. The Bertz CT molecular complexity index is 1030. The first-order valence-electron chi connectivity index (χ1n) is 9.95. The molecule has 8 nitrogen and oxygen atoms in total. The number of aromatic nitrogens is 2. The van der Waals surface area contributed by atoms with Crippen LogP contribution in [0.4, 0.5) is 0 Å². The summed E-state index contributed by atoms with van der Waals surface area (Å²) in [6, 6.07) is 12.8. The van der Waals surface area contributed by atoms with Crippen LogP contribution in [0.15, 0.2) is 53.1 Å². The van der Waals surface area contributed by atoms with E-state index in [1.807, 2.05) is 37.3 Å². The van der Waals surface area contributed by atoms with Gasteiger partial charge in [0.05, 0.1) is 19.1 Å². The number of methoxy groups -OCH3 is 1. The number of benzene rings is 1. The molecule has 4 rings (SSSR count). The van der Waals surface area contributed by atoms with E-state index < -0.39 is 0 Å². The van der Waals surface area contributed by atoms with Crippen molar-refractivity contribution in [1.29, 1.82) is 0 Å². The van der Waals surface area contributed by atoms with Crippen molar-refractivity contribution >= 4 is 11.8 Å². The number of carbonyl (C=O) groups excluding carboxylic acids is 2. The average Bonchev–Trinajstić information content (AvgIpc) is 3.48. The van der Waals surface area contributed by atoms with Crippen LogP contribution in [-0.4, -0.2) is 64.7 Å². The third-order valence-electron chi connectivity index (χ3n) is 5.27. The van der Waals surface area contributed by atoms with Gasteiger partial charge < -0.3 is 19.0 Å². The Balaban J connectivity index is 1.50. The van der Waals surface area contributed by atoms with Crippen LogP contribution in [0.2, 0.25) is 0 Å². The molecule has 0 N–H and O–H groups in total. The van der Waals surface area contributed by atoms with Gasteiger partial charge in [-0.05, 0) is 37.3 Å². The number of nitrogens with zero attached hydrogens (tertiary/aromatic N) is 4. The zero-order valence-corrected chi connectivity index (χ0v) is 17.1. The third kappa shape index (κ3) is 3.68. The van der Waals surface area contributed by atoms with Crippen molar-refractivity contribution in [2.75, 3.05) is 33.3 Å². The fraction of sp³-hybridized carbons (Fsp3) is 0.318. The molecular formula is C22H24N4O4. The quantitative estimate of drug-likeness (QED) is 0.649. The normalized spacial score (nSPS) is 14.1. The van der Waals surface area contributed by atoms with Gasteiger partial charge in [-0.1, -0.05) is 12.1 Å². The largest absolute Gasteiger partial charge is 0.496 e. The Kier molecular flexibility index (Phi) is 5.56. The lowest BCUT2D eigenvalue weighted by atomic mass is 10.1. The number of carbonyl (C=O) groups is 2. The zero-order valence-electron chi connectivity index (χ0n) is 17.1. The first-order chi connectivity index (χ1) is 14.6. The molecule has 2 aromatic heterocycles. The molecule has 8 heteroatoms. The standard InChI is InChI=1S/C22H24N4O4/c1-3-26-18(15-17(23-26)16-7-4-5-8-19(16)29-2)21(27)24-10-12-25(13-11-24)22(28)20-9-6-14-30-20/h4-9,14-15H,3,10-13H2,1-2H3. The number of piperazine rings is 1. The van der Waals surface area contributed by atoms with Crippen LogP contribution in [0.3, 0.4) is 0 Å². The summed E-state index contributed by atoms with van der Waals surface area (Å²) in [4.78, 5) is 29.1. The number of rotatable bonds is 5. The number of amides is 2. The highest BCUT2D eigenvalue weighted by Crippen LogP contribution is 2.29. The Morgan fingerprint density at radius 2 is 1.73 bits per heavy atom. The number of hydrogen-bond donors (Lipinski definition) is 0. The molecule has 0 atom stereocenters. The van der Waals surface area contributed by atoms with E-state index in [2.05, 4.69) is 5.10 Å². The zero-order chi connectivity index (χ0) is 21.1. The van der Waals surface area contributed by atoms with Crippen molar-refractivity contribution < 1.29 is 18.7 Å². The highest BCUT2D eigenvalue weighted by Gasteiger charge is 2.28. The number of aryl methyl sites for hydroxylation is 1. The van der Waals surface area contributed by atoms with E-state index >= 15 is 0 Å². The first-order valence-corrected chi connectivity index (χ1v) is 9.95. The minimum Gasteiger partial charge on any atom is -0.496 e. The molecule has 0 radical (unpaired) electrons. The van der Waals surface area contributed by atoms with E-state index in [4.69, 9.17) is 9.15 Å². The molecule has 30 heavy (non-hydrogen) atoms. The molecule has 3 heterocycles. The molecule has 1 aromatic carbocycles. The number of para-hydroxylation sites is 1. The van der Waals surface area contributed by atoms with Crippen LogP contribution < -0.4 is 4.74 Å². The van der Waals surface area contributed by atoms with E-state index in [0.29, 0.717) is 55.6 Å². The van der Waals surface area contributed by atoms with Crippen molar-refractivity contribution in [2.24, 2.45) is 0 Å². The van der Waals surface area contributed by atoms with Gasteiger partial charge in [0.1, 0.15) is 11.4 Å². The van der Waals surface area contributed by atoms with Gasteiger partial charge >= 0.3 is 0 Å². The minimum atomic E-state index is -0.149. The average molecular weight is 408 g/mol. The summed E-state index contributed by atoms with van der Waals surface area (Å²) < 4.78 is 12.3. The Labute approximate surface area is 174 Å². The van der Waals surface area contributed by atoms with E-state index in [1.165, 1.54) is 6.26 Å². The fourth-order valence-electron chi connectivity index (χ4n) is 3.65. The van der Waals surface area contributed by atoms with Crippen LogP contribution in [0.5, 0.6) is 5.75 Å². The molecule has 0 unspecified atom stereocenters. The topological polar surface area (TPSA) is 80.8 Å². The number of hydrogen-bond acceptors (Lipinski definition) is 5. The lowest BCUT2D eigenvalue weighted by Gasteiger charge is -2.34. The molecule has 0 bridgehead atoms. The van der Waals surface area contributed by atoms with E-state index in [-0.39, 0.29) is 11.8 Å². The van der Waals surface area contributed by atoms with E-state index in [1.54, 1.807) is 33.7 Å². The Morgan fingerprint density at radius 3 is 2.37 bits per heavy atom. The molecule has 1 fully saturated rings. The summed E-state index contributed by atoms with van der Waals surface area (Å²) in [5.74, 6) is 0.794. The molecule has 0 saturated carbocycles. The molecule has 3 aromatic rings. The maximum absolute atomic E-state index is 13.2. The molecule has 0 aliphatic carbocycles. The predicted molar refractivity (Wildman–Crippen MR) is 110 cm³/mol. The molecule has 1 aliphatic rings. The summed E-state index contributed by atoms with van der Waals surface area (Å²) in [5.41, 5.74) is 2.07. The second-order valence-corrected chi connectivity index (χ2v) is 6.99. The predicted octanol–water partition coefficient (Wildman–Crippen LogP) is 2.77. The van der Waals surface area contributed by atoms with Crippen LogP contribution in [0, 0.1) is 0 Å². The Morgan fingerprint density at radius 1 is 1.03 bits per heavy atom. The molecule has 0 spiro atoms. The maximum atomic E-state index is 13.2. The monoisotopic (exact) mass is 408 g/mol. The molecular weight excluding hydrogens is 384 g/mol. The Hall–Kier alpha value is -3.55. The van der Waals surface area contributed by atoms with Crippen LogP contribution in [0.1, 0.15) is 28.0 Å². The molecule has 156 valence electrons. The fourth-order valence-corrected chi connectivity index (χ4v) is 3.65. The van der Waals surface area contributed by atoms with Crippen molar-refractivity contribution in [3.8, 4) is 17.0 Å². The van der Waals surface area contributed by atoms with Gasteiger partial charge in [0, 0.05) is 38.3 Å². The van der Waals surface area contributed by atoms with Gasteiger partial charge in [-0.25, -0.2) is 0 Å². The van der Waals surface area contributed by atoms with Gasteiger partial charge in [-0.15, -0.1) is 0 Å². The van der Waals surface area contributed by atoms with Gasteiger partial charge in [0.15, 0.2) is 5.76 Å². The maximum Gasteiger partial charge on any atom is 0.289 e. The summed E-state index contributed by atoms with van der Waals surface area (Å²) in [6.45, 7) is 4.38. The van der Waals surface area contributed by atoms with Gasteiger partial charge in [0.2, 0.25) is 0 Å². The van der Waals surface area contributed by atoms with E-state index in [0.717, 1.165) is 5.56 Å². The SMILES string of the molecule is CCn1nc(-c2ccccc2OC)cc1C(=O)N1CCN(C(=O)c2ccco2)CC1. The van der Waals surface area contributed by atoms with Crippen molar-refractivity contribution in [1.82, 2.24) is 19.6 Å². The van der Waals surface area contributed by atoms with Crippen molar-refractivity contribution in [2.45, 2.75) is 13.5 Å². The van der Waals surface area contributed by atoms with Crippen LogP contribution in [-0.2, 0) is 6.54 Å². The lowest BCUT2D eigenvalue weighted by molar-refractivity contribution is 0.0512. The molecule has 1 saturated heterocycles. The first kappa shape index (κ1) is 19.8. The summed E-state index contributed by atoms with van der Waals surface area (Å²) in [5, 5.41) is 4.61. The van der Waals surface area contributed by atoms with Crippen molar-refractivity contribution in [3.05, 3.63) is 60.2 Å². The summed E-state index contributed by atoms with van der Waals surface area (Å²) in [6.07, 6.45) is 1.48. The third-order valence-corrected chi connectivity index (χ3v) is 5.27. The van der Waals surface area contributed by atoms with Gasteiger partial charge in [-0.2, -0.15) is 5.10 Å². The number of ether oxygens (including phenoxy) is 1. The summed E-state index contributed by atoms with van der Waals surface area (Å²) >= 11 is 0. The van der Waals surface area contributed by atoms with Crippen LogP contribution in [0.25, 0.3) is 11.3 Å². The summed E-state index contributed by atoms with van der Waals surface area (Å²) in [7, 11) is 1.62.